The topological polar surface area (TPSA) is 15.8 Å². The number of rotatable bonds is 4. The summed E-state index contributed by atoms with van der Waals surface area (Å²) in [7, 11) is 0. The van der Waals surface area contributed by atoms with Gasteiger partial charge in [0.2, 0.25) is 0 Å². The first-order valence-electron chi connectivity index (χ1n) is 6.10. The van der Waals surface area contributed by atoms with Crippen LogP contribution in [0.4, 0.5) is 0 Å². The van der Waals surface area contributed by atoms with E-state index in [0.717, 1.165) is 12.8 Å². The third-order valence-corrected chi connectivity index (χ3v) is 2.93. The van der Waals surface area contributed by atoms with Gasteiger partial charge in [-0.15, -0.1) is 0 Å². The summed E-state index contributed by atoms with van der Waals surface area (Å²) < 4.78 is 0. The molecule has 16 heavy (non-hydrogen) atoms. The van der Waals surface area contributed by atoms with Crippen molar-refractivity contribution in [2.24, 2.45) is 0 Å². The maximum absolute atomic E-state index is 3.34. The number of allylic oxidation sites excluding steroid dienone is 3. The molecule has 1 aromatic heterocycles. The van der Waals surface area contributed by atoms with Crippen LogP contribution in [0.25, 0.3) is 6.08 Å². The molecule has 1 rings (SSSR count). The van der Waals surface area contributed by atoms with Crippen molar-refractivity contribution in [3.8, 4) is 0 Å². The maximum atomic E-state index is 3.34. The Morgan fingerprint density at radius 1 is 1.25 bits per heavy atom. The number of aromatic nitrogens is 1. The van der Waals surface area contributed by atoms with Crippen LogP contribution in [-0.2, 0) is 0 Å². The Bertz CT molecular complexity index is 405. The van der Waals surface area contributed by atoms with Crippen molar-refractivity contribution in [2.45, 2.75) is 47.5 Å². The SMILES string of the molecule is CC/C(C)=C\C(=C/c1cc(C)[nH]c1C)CC. The van der Waals surface area contributed by atoms with Crippen LogP contribution in [0.3, 0.4) is 0 Å². The lowest BCUT2D eigenvalue weighted by Gasteiger charge is -2.01. The standard InChI is InChI=1S/C15H23N/c1-6-11(3)8-14(7-2)10-15-9-12(4)16-13(15)5/h8-10,16H,6-7H2,1-5H3/b11-8-,14-10-. The number of hydrogen-bond donors (Lipinski definition) is 1. The molecule has 0 saturated carbocycles. The van der Waals surface area contributed by atoms with E-state index in [-0.39, 0.29) is 0 Å². The summed E-state index contributed by atoms with van der Waals surface area (Å²) >= 11 is 0. The molecule has 0 aliphatic heterocycles. The Kier molecular flexibility index (Phi) is 4.60. The molecule has 1 nitrogen and oxygen atoms in total. The molecule has 1 N–H and O–H groups in total. The first-order valence-corrected chi connectivity index (χ1v) is 6.10. The van der Waals surface area contributed by atoms with Crippen LogP contribution >= 0.6 is 0 Å². The fourth-order valence-electron chi connectivity index (χ4n) is 1.76. The highest BCUT2D eigenvalue weighted by Gasteiger charge is 2.00. The van der Waals surface area contributed by atoms with Crippen LogP contribution in [0, 0.1) is 13.8 Å². The van der Waals surface area contributed by atoms with E-state index < -0.39 is 0 Å². The van der Waals surface area contributed by atoms with Gasteiger partial charge in [-0.2, -0.15) is 0 Å². The molecule has 1 aromatic rings. The zero-order valence-electron chi connectivity index (χ0n) is 11.1. The monoisotopic (exact) mass is 217 g/mol. The normalized spacial score (nSPS) is 13.3. The molecule has 1 heterocycles. The van der Waals surface area contributed by atoms with Crippen molar-refractivity contribution < 1.29 is 0 Å². The molecule has 0 aliphatic carbocycles. The summed E-state index contributed by atoms with van der Waals surface area (Å²) in [5, 5.41) is 0. The van der Waals surface area contributed by atoms with Gasteiger partial charge in [0.15, 0.2) is 0 Å². The fourth-order valence-corrected chi connectivity index (χ4v) is 1.76. The van der Waals surface area contributed by atoms with Crippen molar-refractivity contribution in [2.75, 3.05) is 0 Å². The summed E-state index contributed by atoms with van der Waals surface area (Å²) in [5.41, 5.74) is 6.65. The Labute approximate surface area is 99.3 Å². The summed E-state index contributed by atoms with van der Waals surface area (Å²) in [4.78, 5) is 3.34. The average molecular weight is 217 g/mol. The second-order valence-corrected chi connectivity index (χ2v) is 4.45. The Hall–Kier alpha value is -1.24. The molecule has 88 valence electrons. The zero-order valence-corrected chi connectivity index (χ0v) is 11.1. The van der Waals surface area contributed by atoms with Gasteiger partial charge in [-0.1, -0.05) is 25.5 Å². The Morgan fingerprint density at radius 3 is 2.38 bits per heavy atom. The van der Waals surface area contributed by atoms with Gasteiger partial charge in [-0.3, -0.25) is 0 Å². The molecule has 0 amide bonds. The van der Waals surface area contributed by atoms with Crippen LogP contribution < -0.4 is 0 Å². The molecular formula is C15H23N. The predicted octanol–water partition coefficient (Wildman–Crippen LogP) is 4.78. The van der Waals surface area contributed by atoms with E-state index in [2.05, 4.69) is 57.8 Å². The van der Waals surface area contributed by atoms with Gasteiger partial charge in [0, 0.05) is 11.4 Å². The first-order chi connectivity index (χ1) is 7.56. The third kappa shape index (κ3) is 3.41. The van der Waals surface area contributed by atoms with E-state index in [1.807, 2.05) is 0 Å². The first kappa shape index (κ1) is 12.8. The van der Waals surface area contributed by atoms with Crippen LogP contribution in [0.5, 0.6) is 0 Å². The van der Waals surface area contributed by atoms with Crippen LogP contribution in [-0.4, -0.2) is 4.98 Å². The highest BCUT2D eigenvalue weighted by Crippen LogP contribution is 2.17. The molecule has 1 heteroatoms. The maximum Gasteiger partial charge on any atom is 0.0191 e. The Balaban J connectivity index is 3.00. The van der Waals surface area contributed by atoms with Gasteiger partial charge in [0.1, 0.15) is 0 Å². The lowest BCUT2D eigenvalue weighted by atomic mass is 10.1. The molecular weight excluding hydrogens is 194 g/mol. The second kappa shape index (κ2) is 5.74. The lowest BCUT2D eigenvalue weighted by molar-refractivity contribution is 1.07. The molecule has 0 aromatic carbocycles. The highest BCUT2D eigenvalue weighted by molar-refractivity contribution is 5.59. The minimum atomic E-state index is 1.08. The smallest absolute Gasteiger partial charge is 0.0191 e. The molecule has 0 radical (unpaired) electrons. The van der Waals surface area contributed by atoms with Gasteiger partial charge in [-0.05, 0) is 56.9 Å². The Morgan fingerprint density at radius 2 is 1.94 bits per heavy atom. The van der Waals surface area contributed by atoms with Crippen molar-refractivity contribution in [3.63, 3.8) is 0 Å². The molecule has 0 aliphatic rings. The second-order valence-electron chi connectivity index (χ2n) is 4.45. The molecule has 0 atom stereocenters. The van der Waals surface area contributed by atoms with Crippen molar-refractivity contribution in [3.05, 3.63) is 40.2 Å². The van der Waals surface area contributed by atoms with E-state index in [4.69, 9.17) is 0 Å². The molecule has 0 bridgehead atoms. The van der Waals surface area contributed by atoms with Gasteiger partial charge in [0.25, 0.3) is 0 Å². The summed E-state index contributed by atoms with van der Waals surface area (Å²) in [6, 6.07) is 2.21. The van der Waals surface area contributed by atoms with E-state index >= 15 is 0 Å². The van der Waals surface area contributed by atoms with Gasteiger partial charge in [0.05, 0.1) is 0 Å². The third-order valence-electron chi connectivity index (χ3n) is 2.93. The number of H-pyrrole nitrogens is 1. The molecule has 0 saturated heterocycles. The minimum absolute atomic E-state index is 1.08. The number of nitrogens with one attached hydrogen (secondary N) is 1. The van der Waals surface area contributed by atoms with Gasteiger partial charge >= 0.3 is 0 Å². The number of hydrogen-bond acceptors (Lipinski definition) is 0. The van der Waals surface area contributed by atoms with Crippen molar-refractivity contribution >= 4 is 6.08 Å². The van der Waals surface area contributed by atoms with Gasteiger partial charge < -0.3 is 4.98 Å². The van der Waals surface area contributed by atoms with Crippen LogP contribution in [0.2, 0.25) is 0 Å². The zero-order chi connectivity index (χ0) is 12.1. The minimum Gasteiger partial charge on any atom is -0.362 e. The van der Waals surface area contributed by atoms with E-state index in [1.54, 1.807) is 0 Å². The molecule has 0 unspecified atom stereocenters. The number of aryl methyl sites for hydroxylation is 2. The summed E-state index contributed by atoms with van der Waals surface area (Å²) in [6.45, 7) is 10.8. The lowest BCUT2D eigenvalue weighted by Crippen LogP contribution is -1.81. The number of aromatic amines is 1. The van der Waals surface area contributed by atoms with E-state index in [0.29, 0.717) is 0 Å². The fraction of sp³-hybridized carbons (Fsp3) is 0.467. The van der Waals surface area contributed by atoms with Crippen molar-refractivity contribution in [1.29, 1.82) is 0 Å². The molecule has 0 fully saturated rings. The predicted molar refractivity (Wildman–Crippen MR) is 72.6 cm³/mol. The van der Waals surface area contributed by atoms with Crippen LogP contribution in [0.1, 0.15) is 50.6 Å². The summed E-state index contributed by atoms with van der Waals surface area (Å²) in [6.07, 6.45) is 6.81. The van der Waals surface area contributed by atoms with E-state index in [1.165, 1.54) is 28.1 Å². The van der Waals surface area contributed by atoms with Crippen molar-refractivity contribution in [1.82, 2.24) is 4.98 Å². The largest absolute Gasteiger partial charge is 0.362 e. The van der Waals surface area contributed by atoms with Crippen LogP contribution in [0.15, 0.2) is 23.3 Å². The molecule has 0 spiro atoms. The highest BCUT2D eigenvalue weighted by atomic mass is 14.7. The quantitative estimate of drug-likeness (QED) is 0.698. The van der Waals surface area contributed by atoms with E-state index in [9.17, 15) is 0 Å². The average Bonchev–Trinajstić information content (AvgIpc) is 2.56. The van der Waals surface area contributed by atoms with Gasteiger partial charge in [-0.25, -0.2) is 0 Å². The summed E-state index contributed by atoms with van der Waals surface area (Å²) in [5.74, 6) is 0.